The number of nitrogens with zero attached hydrogens (tertiary/aromatic N) is 1. The minimum atomic E-state index is -0.707. The topological polar surface area (TPSA) is 49.8 Å². The molecular weight excluding hydrogens is 254 g/mol. The number of benzene rings is 1. The molecule has 0 bridgehead atoms. The van der Waals surface area contributed by atoms with Crippen LogP contribution in [-0.4, -0.2) is 42.2 Å². The molecule has 20 heavy (non-hydrogen) atoms. The first-order valence-electron chi connectivity index (χ1n) is 7.29. The Morgan fingerprint density at radius 3 is 2.35 bits per heavy atom. The van der Waals surface area contributed by atoms with Crippen molar-refractivity contribution in [3.8, 4) is 5.75 Å². The van der Waals surface area contributed by atoms with Crippen molar-refractivity contribution in [1.29, 1.82) is 0 Å². The number of ether oxygens (including phenoxy) is 1. The summed E-state index contributed by atoms with van der Waals surface area (Å²) >= 11 is 0. The van der Waals surface area contributed by atoms with E-state index in [9.17, 15) is 9.90 Å². The summed E-state index contributed by atoms with van der Waals surface area (Å²) in [6.45, 7) is 2.15. The Balaban J connectivity index is 1.63. The van der Waals surface area contributed by atoms with Gasteiger partial charge in [-0.2, -0.15) is 0 Å². The molecule has 0 spiro atoms. The normalized spacial score (nSPS) is 22.4. The number of rotatable bonds is 4. The summed E-state index contributed by atoms with van der Waals surface area (Å²) in [6, 6.07) is 7.64. The summed E-state index contributed by atoms with van der Waals surface area (Å²) in [7, 11) is 2.13. The summed E-state index contributed by atoms with van der Waals surface area (Å²) in [6.07, 6.45) is 3.88. The molecule has 0 radical (unpaired) electrons. The zero-order valence-electron chi connectivity index (χ0n) is 11.8. The van der Waals surface area contributed by atoms with E-state index in [1.54, 1.807) is 0 Å². The first-order chi connectivity index (χ1) is 9.60. The Kier molecular flexibility index (Phi) is 3.42. The van der Waals surface area contributed by atoms with Gasteiger partial charge in [0.05, 0.1) is 5.41 Å². The number of carboxylic acids is 1. The van der Waals surface area contributed by atoms with Gasteiger partial charge in [-0.15, -0.1) is 0 Å². The van der Waals surface area contributed by atoms with Gasteiger partial charge in [0.1, 0.15) is 11.9 Å². The lowest BCUT2D eigenvalue weighted by Gasteiger charge is -2.29. The summed E-state index contributed by atoms with van der Waals surface area (Å²) in [5.41, 5.74) is 0.284. The van der Waals surface area contributed by atoms with E-state index < -0.39 is 11.4 Å². The average Bonchev–Trinajstić information content (AvgIpc) is 3.24. The van der Waals surface area contributed by atoms with Crippen LogP contribution in [0.5, 0.6) is 5.75 Å². The summed E-state index contributed by atoms with van der Waals surface area (Å²) in [5.74, 6) is 0.144. The van der Waals surface area contributed by atoms with Crippen molar-refractivity contribution in [2.45, 2.75) is 37.2 Å². The van der Waals surface area contributed by atoms with Crippen molar-refractivity contribution in [2.24, 2.45) is 0 Å². The molecule has 1 aromatic rings. The minimum Gasteiger partial charge on any atom is -0.490 e. The monoisotopic (exact) mass is 275 g/mol. The van der Waals surface area contributed by atoms with Crippen molar-refractivity contribution >= 4 is 5.97 Å². The highest BCUT2D eigenvalue weighted by atomic mass is 16.5. The lowest BCUT2D eigenvalue weighted by molar-refractivity contribution is -0.140. The molecule has 1 heterocycles. The van der Waals surface area contributed by atoms with E-state index in [0.717, 1.165) is 50.1 Å². The van der Waals surface area contributed by atoms with Gasteiger partial charge in [-0.3, -0.25) is 4.79 Å². The van der Waals surface area contributed by atoms with Crippen molar-refractivity contribution in [3.05, 3.63) is 29.8 Å². The first-order valence-corrected chi connectivity index (χ1v) is 7.29. The lowest BCUT2D eigenvalue weighted by atomic mass is 9.96. The maximum Gasteiger partial charge on any atom is 0.314 e. The number of hydrogen-bond donors (Lipinski definition) is 1. The predicted octanol–water partition coefficient (Wildman–Crippen LogP) is 2.28. The number of carboxylic acid groups (broad SMARTS) is 1. The molecular formula is C16H21NO3. The average molecular weight is 275 g/mol. The third-order valence-electron chi connectivity index (χ3n) is 4.53. The van der Waals surface area contributed by atoms with E-state index in [0.29, 0.717) is 0 Å². The van der Waals surface area contributed by atoms with Crippen LogP contribution in [0.4, 0.5) is 0 Å². The smallest absolute Gasteiger partial charge is 0.314 e. The van der Waals surface area contributed by atoms with Crippen LogP contribution in [0, 0.1) is 0 Å². The molecule has 2 aliphatic rings. The fourth-order valence-corrected chi connectivity index (χ4v) is 2.90. The van der Waals surface area contributed by atoms with Crippen LogP contribution >= 0.6 is 0 Å². The van der Waals surface area contributed by atoms with Crippen LogP contribution in [0.2, 0.25) is 0 Å². The summed E-state index contributed by atoms with van der Waals surface area (Å²) in [5, 5.41) is 9.28. The van der Waals surface area contributed by atoms with E-state index in [-0.39, 0.29) is 6.10 Å². The Morgan fingerprint density at radius 2 is 1.85 bits per heavy atom. The largest absolute Gasteiger partial charge is 0.490 e. The van der Waals surface area contributed by atoms with E-state index in [1.807, 2.05) is 24.3 Å². The second-order valence-electron chi connectivity index (χ2n) is 6.03. The zero-order chi connectivity index (χ0) is 14.2. The van der Waals surface area contributed by atoms with Crippen molar-refractivity contribution < 1.29 is 14.6 Å². The second kappa shape index (κ2) is 5.09. The Morgan fingerprint density at radius 1 is 1.25 bits per heavy atom. The maximum atomic E-state index is 11.3. The number of likely N-dealkylation sites (tertiary alicyclic amines) is 1. The molecule has 1 aromatic carbocycles. The molecule has 0 atom stereocenters. The van der Waals surface area contributed by atoms with E-state index >= 15 is 0 Å². The molecule has 1 saturated carbocycles. The van der Waals surface area contributed by atoms with Crippen molar-refractivity contribution in [2.75, 3.05) is 20.1 Å². The van der Waals surface area contributed by atoms with Crippen LogP contribution in [0.15, 0.2) is 24.3 Å². The Hall–Kier alpha value is -1.55. The molecule has 3 rings (SSSR count). The van der Waals surface area contributed by atoms with Gasteiger partial charge < -0.3 is 14.7 Å². The molecule has 0 unspecified atom stereocenters. The Bertz CT molecular complexity index is 485. The number of piperidine rings is 1. The number of carbonyl (C=O) groups is 1. The van der Waals surface area contributed by atoms with Gasteiger partial charge in [-0.25, -0.2) is 0 Å². The zero-order valence-corrected chi connectivity index (χ0v) is 11.8. The van der Waals surface area contributed by atoms with Crippen LogP contribution < -0.4 is 4.74 Å². The molecule has 1 aliphatic heterocycles. The van der Waals surface area contributed by atoms with Crippen LogP contribution in [-0.2, 0) is 10.2 Å². The summed E-state index contributed by atoms with van der Waals surface area (Å²) < 4.78 is 5.98. The number of hydrogen-bond acceptors (Lipinski definition) is 3. The molecule has 4 heteroatoms. The quantitative estimate of drug-likeness (QED) is 0.916. The Labute approximate surface area is 119 Å². The third kappa shape index (κ3) is 2.52. The molecule has 1 N–H and O–H groups in total. The summed E-state index contributed by atoms with van der Waals surface area (Å²) in [4.78, 5) is 13.6. The minimum absolute atomic E-state index is 0.284. The molecule has 0 aromatic heterocycles. The molecule has 4 nitrogen and oxygen atoms in total. The highest BCUT2D eigenvalue weighted by Gasteiger charge is 2.51. The van der Waals surface area contributed by atoms with Gasteiger partial charge in [0.15, 0.2) is 0 Å². The molecule has 1 aliphatic carbocycles. The van der Waals surface area contributed by atoms with Gasteiger partial charge in [-0.05, 0) is 50.4 Å². The van der Waals surface area contributed by atoms with Gasteiger partial charge >= 0.3 is 5.97 Å². The number of aliphatic carboxylic acids is 1. The molecule has 2 fully saturated rings. The fraction of sp³-hybridized carbons (Fsp3) is 0.562. The second-order valence-corrected chi connectivity index (χ2v) is 6.03. The predicted molar refractivity (Wildman–Crippen MR) is 76.1 cm³/mol. The van der Waals surface area contributed by atoms with Crippen molar-refractivity contribution in [3.63, 3.8) is 0 Å². The molecule has 1 saturated heterocycles. The standard InChI is InChI=1S/C16H21NO3/c1-17-10-6-14(7-11-17)20-13-4-2-12(3-5-13)16(8-9-16)15(18)19/h2-5,14H,6-11H2,1H3,(H,18,19). The van der Waals surface area contributed by atoms with E-state index in [1.165, 1.54) is 0 Å². The third-order valence-corrected chi connectivity index (χ3v) is 4.53. The van der Waals surface area contributed by atoms with Crippen LogP contribution in [0.1, 0.15) is 31.2 Å². The van der Waals surface area contributed by atoms with Gasteiger partial charge in [0.25, 0.3) is 0 Å². The fourth-order valence-electron chi connectivity index (χ4n) is 2.90. The molecule has 108 valence electrons. The van der Waals surface area contributed by atoms with Crippen molar-refractivity contribution in [1.82, 2.24) is 4.90 Å². The van der Waals surface area contributed by atoms with Gasteiger partial charge in [0, 0.05) is 13.1 Å². The maximum absolute atomic E-state index is 11.3. The first kappa shape index (κ1) is 13.4. The molecule has 0 amide bonds. The van der Waals surface area contributed by atoms with Gasteiger partial charge in [0.2, 0.25) is 0 Å². The van der Waals surface area contributed by atoms with E-state index in [2.05, 4.69) is 11.9 Å². The van der Waals surface area contributed by atoms with Gasteiger partial charge in [-0.1, -0.05) is 12.1 Å². The highest BCUT2D eigenvalue weighted by molar-refractivity contribution is 5.84. The highest BCUT2D eigenvalue weighted by Crippen LogP contribution is 2.48. The SMILES string of the molecule is CN1CCC(Oc2ccc(C3(C(=O)O)CC3)cc2)CC1. The van der Waals surface area contributed by atoms with Crippen LogP contribution in [0.3, 0.4) is 0 Å². The van der Waals surface area contributed by atoms with Crippen LogP contribution in [0.25, 0.3) is 0 Å². The lowest BCUT2D eigenvalue weighted by Crippen LogP contribution is -2.35. The van der Waals surface area contributed by atoms with E-state index in [4.69, 9.17) is 4.74 Å².